The average molecular weight is 455 g/mol. The molecule has 0 aliphatic carbocycles. The van der Waals surface area contributed by atoms with Crippen LogP contribution >= 0.6 is 11.3 Å². The fourth-order valence-corrected chi connectivity index (χ4v) is 4.90. The van der Waals surface area contributed by atoms with Gasteiger partial charge in [-0.2, -0.15) is 4.99 Å². The van der Waals surface area contributed by atoms with Gasteiger partial charge in [-0.1, -0.05) is 30.4 Å². The van der Waals surface area contributed by atoms with E-state index in [2.05, 4.69) is 4.99 Å². The Balaban J connectivity index is 1.94. The number of sulfone groups is 1. The van der Waals surface area contributed by atoms with E-state index in [0.29, 0.717) is 10.3 Å². The van der Waals surface area contributed by atoms with Gasteiger partial charge in [-0.25, -0.2) is 17.2 Å². The van der Waals surface area contributed by atoms with Crippen LogP contribution in [0.5, 0.6) is 0 Å². The van der Waals surface area contributed by atoms with Crippen molar-refractivity contribution >= 4 is 37.3 Å². The average Bonchev–Trinajstić information content (AvgIpc) is 3.03. The molecule has 0 atom stereocenters. The van der Waals surface area contributed by atoms with Crippen LogP contribution in [0.15, 0.2) is 46.3 Å². The zero-order valence-corrected chi connectivity index (χ0v) is 18.0. The molecular weight excluding hydrogens is 434 g/mol. The van der Waals surface area contributed by atoms with E-state index in [4.69, 9.17) is 4.74 Å². The summed E-state index contributed by atoms with van der Waals surface area (Å²) in [5.74, 6) is -1.94. The molecular formula is C20H20F2N2O4S2. The van der Waals surface area contributed by atoms with E-state index in [1.165, 1.54) is 29.9 Å². The number of fused-ring (bicyclic) bond motifs is 1. The topological polar surface area (TPSA) is 77.7 Å². The molecule has 0 fully saturated rings. The van der Waals surface area contributed by atoms with Crippen molar-refractivity contribution in [3.63, 3.8) is 0 Å². The van der Waals surface area contributed by atoms with Gasteiger partial charge in [-0.15, -0.1) is 0 Å². The van der Waals surface area contributed by atoms with Gasteiger partial charge in [0.25, 0.3) is 5.91 Å². The molecule has 0 spiro atoms. The molecule has 0 saturated carbocycles. The van der Waals surface area contributed by atoms with Crippen molar-refractivity contribution in [2.45, 2.75) is 24.8 Å². The minimum Gasteiger partial charge on any atom is -0.383 e. The lowest BCUT2D eigenvalue weighted by atomic mass is 10.1. The smallest absolute Gasteiger partial charge is 0.252 e. The van der Waals surface area contributed by atoms with Crippen LogP contribution in [0.25, 0.3) is 10.2 Å². The molecule has 3 rings (SSSR count). The molecule has 1 heterocycles. The summed E-state index contributed by atoms with van der Waals surface area (Å²) in [6.45, 7) is 2.07. The highest BCUT2D eigenvalue weighted by Crippen LogP contribution is 2.22. The SMILES string of the molecule is CCS(=O)(=O)c1ccc(CC(=O)N=c2sc3cc(F)cc(F)c3n2CCOC)cc1. The third-order valence-corrected chi connectivity index (χ3v) is 7.23. The summed E-state index contributed by atoms with van der Waals surface area (Å²) in [5, 5.41) is 0. The number of thiazole rings is 1. The first-order valence-electron chi connectivity index (χ1n) is 9.11. The number of hydrogen-bond donors (Lipinski definition) is 0. The van der Waals surface area contributed by atoms with Crippen LogP contribution in [0.1, 0.15) is 12.5 Å². The van der Waals surface area contributed by atoms with Crippen LogP contribution in [-0.4, -0.2) is 38.4 Å². The maximum atomic E-state index is 14.3. The van der Waals surface area contributed by atoms with Crippen molar-refractivity contribution in [3.05, 3.63) is 58.4 Å². The largest absolute Gasteiger partial charge is 0.383 e. The Bertz CT molecular complexity index is 1250. The van der Waals surface area contributed by atoms with E-state index in [9.17, 15) is 22.0 Å². The van der Waals surface area contributed by atoms with Gasteiger partial charge < -0.3 is 9.30 Å². The van der Waals surface area contributed by atoms with Gasteiger partial charge >= 0.3 is 0 Å². The molecule has 0 saturated heterocycles. The summed E-state index contributed by atoms with van der Waals surface area (Å²) in [6.07, 6.45) is -0.0538. The molecule has 0 aliphatic heterocycles. The highest BCUT2D eigenvalue weighted by atomic mass is 32.2. The monoisotopic (exact) mass is 454 g/mol. The number of halogens is 2. The van der Waals surface area contributed by atoms with Gasteiger partial charge in [0.2, 0.25) is 0 Å². The number of ether oxygens (including phenoxy) is 1. The van der Waals surface area contributed by atoms with Crippen molar-refractivity contribution < 1.29 is 26.7 Å². The number of nitrogens with zero attached hydrogens (tertiary/aromatic N) is 2. The zero-order chi connectivity index (χ0) is 21.9. The highest BCUT2D eigenvalue weighted by molar-refractivity contribution is 7.91. The summed E-state index contributed by atoms with van der Waals surface area (Å²) in [6, 6.07) is 8.03. The van der Waals surface area contributed by atoms with Gasteiger partial charge in [0.1, 0.15) is 5.82 Å². The van der Waals surface area contributed by atoms with Gasteiger partial charge in [0.05, 0.1) is 33.9 Å². The molecule has 0 bridgehead atoms. The molecule has 1 aromatic heterocycles. The van der Waals surface area contributed by atoms with E-state index in [1.807, 2.05) is 0 Å². The van der Waals surface area contributed by atoms with E-state index in [-0.39, 0.29) is 40.5 Å². The van der Waals surface area contributed by atoms with Gasteiger partial charge in [0, 0.05) is 19.7 Å². The molecule has 2 aromatic carbocycles. The fourth-order valence-electron chi connectivity index (χ4n) is 2.91. The molecule has 10 heteroatoms. The number of hydrogen-bond acceptors (Lipinski definition) is 5. The molecule has 1 amide bonds. The summed E-state index contributed by atoms with van der Waals surface area (Å²) in [5.41, 5.74) is 0.764. The Morgan fingerprint density at radius 2 is 1.90 bits per heavy atom. The highest BCUT2D eigenvalue weighted by Gasteiger charge is 2.15. The van der Waals surface area contributed by atoms with Gasteiger partial charge in [0.15, 0.2) is 20.5 Å². The summed E-state index contributed by atoms with van der Waals surface area (Å²) >= 11 is 1.01. The number of rotatable bonds is 7. The zero-order valence-electron chi connectivity index (χ0n) is 16.4. The maximum absolute atomic E-state index is 14.3. The molecule has 0 unspecified atom stereocenters. The Labute approximate surface area is 176 Å². The molecule has 0 aliphatic rings. The summed E-state index contributed by atoms with van der Waals surface area (Å²) in [7, 11) is -1.82. The number of carbonyl (C=O) groups excluding carboxylic acids is 1. The molecule has 0 N–H and O–H groups in total. The number of methoxy groups -OCH3 is 1. The van der Waals surface area contributed by atoms with Crippen LogP contribution in [0.2, 0.25) is 0 Å². The summed E-state index contributed by atoms with van der Waals surface area (Å²) < 4.78 is 58.5. The number of carbonyl (C=O) groups is 1. The first-order valence-corrected chi connectivity index (χ1v) is 11.6. The van der Waals surface area contributed by atoms with Gasteiger partial charge in [-0.05, 0) is 23.8 Å². The van der Waals surface area contributed by atoms with Crippen molar-refractivity contribution in [2.75, 3.05) is 19.5 Å². The lowest BCUT2D eigenvalue weighted by Crippen LogP contribution is -2.20. The molecule has 160 valence electrons. The van der Waals surface area contributed by atoms with Crippen LogP contribution in [0, 0.1) is 11.6 Å². The minimum absolute atomic E-state index is 0.00875. The molecule has 0 radical (unpaired) electrons. The van der Waals surface area contributed by atoms with E-state index in [0.717, 1.165) is 17.4 Å². The van der Waals surface area contributed by atoms with E-state index in [1.54, 1.807) is 19.1 Å². The third-order valence-electron chi connectivity index (χ3n) is 4.45. The predicted molar refractivity (Wildman–Crippen MR) is 110 cm³/mol. The first kappa shape index (κ1) is 22.3. The van der Waals surface area contributed by atoms with Crippen LogP contribution < -0.4 is 4.80 Å². The first-order chi connectivity index (χ1) is 14.2. The second-order valence-electron chi connectivity index (χ2n) is 6.49. The van der Waals surface area contributed by atoms with Crippen molar-refractivity contribution in [1.29, 1.82) is 0 Å². The minimum atomic E-state index is -3.32. The van der Waals surface area contributed by atoms with Crippen LogP contribution in [-0.2, 0) is 32.3 Å². The second-order valence-corrected chi connectivity index (χ2v) is 9.78. The van der Waals surface area contributed by atoms with Crippen molar-refractivity contribution in [1.82, 2.24) is 4.57 Å². The van der Waals surface area contributed by atoms with Crippen LogP contribution in [0.4, 0.5) is 8.78 Å². The number of aromatic nitrogens is 1. The predicted octanol–water partition coefficient (Wildman–Crippen LogP) is 3.09. The number of amides is 1. The third kappa shape index (κ3) is 4.82. The van der Waals surface area contributed by atoms with E-state index < -0.39 is 27.4 Å². The number of benzene rings is 2. The Morgan fingerprint density at radius 1 is 1.20 bits per heavy atom. The lowest BCUT2D eigenvalue weighted by Gasteiger charge is -2.05. The standard InChI is InChI=1S/C20H20F2N2O4S2/c1-3-30(26,27)15-6-4-13(5-7-15)10-18(25)23-20-24(8-9-28-2)19-16(22)11-14(21)12-17(19)29-20/h4-7,11-12H,3,8-10H2,1-2H3. The maximum Gasteiger partial charge on any atom is 0.252 e. The Kier molecular flexibility index (Phi) is 6.79. The molecule has 30 heavy (non-hydrogen) atoms. The fraction of sp³-hybridized carbons (Fsp3) is 0.300. The normalized spacial score (nSPS) is 12.6. The Morgan fingerprint density at radius 3 is 2.53 bits per heavy atom. The summed E-state index contributed by atoms with van der Waals surface area (Å²) in [4.78, 5) is 17.0. The quantitative estimate of drug-likeness (QED) is 0.550. The molecule has 3 aromatic rings. The van der Waals surface area contributed by atoms with Gasteiger partial charge in [-0.3, -0.25) is 4.79 Å². The lowest BCUT2D eigenvalue weighted by molar-refractivity contribution is -0.117. The second kappa shape index (κ2) is 9.15. The van der Waals surface area contributed by atoms with Crippen LogP contribution in [0.3, 0.4) is 0 Å². The van der Waals surface area contributed by atoms with E-state index >= 15 is 0 Å². The van der Waals surface area contributed by atoms with Crippen molar-refractivity contribution in [2.24, 2.45) is 4.99 Å². The van der Waals surface area contributed by atoms with Crippen molar-refractivity contribution in [3.8, 4) is 0 Å². The Hall–Kier alpha value is -2.43. The molecule has 6 nitrogen and oxygen atoms in total.